The van der Waals surface area contributed by atoms with Gasteiger partial charge in [-0.1, -0.05) is 31.0 Å². The van der Waals surface area contributed by atoms with Crippen molar-refractivity contribution in [3.63, 3.8) is 0 Å². The molecule has 3 amide bonds. The van der Waals surface area contributed by atoms with Crippen LogP contribution in [0.2, 0.25) is 5.02 Å². The van der Waals surface area contributed by atoms with E-state index in [-0.39, 0.29) is 11.9 Å². The van der Waals surface area contributed by atoms with Gasteiger partial charge < -0.3 is 5.32 Å². The lowest BCUT2D eigenvalue weighted by Crippen LogP contribution is -2.31. The maximum absolute atomic E-state index is 12.0. The second-order valence-corrected chi connectivity index (χ2v) is 4.38. The van der Waals surface area contributed by atoms with Crippen molar-refractivity contribution < 1.29 is 9.59 Å². The summed E-state index contributed by atoms with van der Waals surface area (Å²) in [6, 6.07) is 5.92. The molecule has 0 radical (unpaired) electrons. The lowest BCUT2D eigenvalue weighted by atomic mass is 10.1. The van der Waals surface area contributed by atoms with Gasteiger partial charge in [-0.3, -0.25) is 4.79 Å². The van der Waals surface area contributed by atoms with Crippen LogP contribution in [0.1, 0.15) is 19.8 Å². The molecule has 1 fully saturated rings. The molecule has 1 heterocycles. The summed E-state index contributed by atoms with van der Waals surface area (Å²) in [5.74, 6) is -0.209. The summed E-state index contributed by atoms with van der Waals surface area (Å²) >= 11 is 5.85. The highest BCUT2D eigenvalue weighted by molar-refractivity contribution is 6.31. The molecule has 5 heteroatoms. The predicted octanol–water partition coefficient (Wildman–Crippen LogP) is 2.56. The summed E-state index contributed by atoms with van der Waals surface area (Å²) in [5.41, 5.74) is 0.513. The highest BCUT2D eigenvalue weighted by atomic mass is 35.5. The number of benzene rings is 1. The number of amides is 3. The Morgan fingerprint density at radius 1 is 1.41 bits per heavy atom. The van der Waals surface area contributed by atoms with Gasteiger partial charge in [-0.15, -0.1) is 0 Å². The molecule has 1 aliphatic heterocycles. The van der Waals surface area contributed by atoms with Crippen molar-refractivity contribution in [1.29, 1.82) is 0 Å². The van der Waals surface area contributed by atoms with E-state index < -0.39 is 6.04 Å². The average molecular weight is 253 g/mol. The monoisotopic (exact) mass is 252 g/mol. The third-order valence-electron chi connectivity index (χ3n) is 2.66. The van der Waals surface area contributed by atoms with Crippen LogP contribution in [0.15, 0.2) is 24.3 Å². The van der Waals surface area contributed by atoms with Crippen LogP contribution < -0.4 is 10.2 Å². The summed E-state index contributed by atoms with van der Waals surface area (Å²) in [4.78, 5) is 24.9. The minimum absolute atomic E-state index is 0.209. The van der Waals surface area contributed by atoms with Gasteiger partial charge in [0.1, 0.15) is 6.04 Å². The number of anilines is 1. The van der Waals surface area contributed by atoms with Crippen LogP contribution in [-0.4, -0.2) is 18.0 Å². The highest BCUT2D eigenvalue weighted by Crippen LogP contribution is 2.23. The molecule has 1 saturated heterocycles. The Morgan fingerprint density at radius 3 is 2.82 bits per heavy atom. The van der Waals surface area contributed by atoms with E-state index in [9.17, 15) is 9.59 Å². The van der Waals surface area contributed by atoms with E-state index >= 15 is 0 Å². The Morgan fingerprint density at radius 2 is 2.18 bits per heavy atom. The third-order valence-corrected chi connectivity index (χ3v) is 2.90. The number of carbonyl (C=O) groups excluding carboxylic acids is 2. The third kappa shape index (κ3) is 2.26. The van der Waals surface area contributed by atoms with Gasteiger partial charge in [-0.2, -0.15) is 0 Å². The van der Waals surface area contributed by atoms with E-state index in [1.54, 1.807) is 24.3 Å². The minimum atomic E-state index is -0.411. The second-order valence-electron chi connectivity index (χ2n) is 3.94. The first-order valence-corrected chi connectivity index (χ1v) is 5.91. The molecule has 0 spiro atoms. The number of nitrogens with one attached hydrogen (secondary N) is 1. The SMILES string of the molecule is CCCC1NC(=O)N(c2cccc(Cl)c2)C1=O. The van der Waals surface area contributed by atoms with Gasteiger partial charge in [0.25, 0.3) is 5.91 Å². The lowest BCUT2D eigenvalue weighted by molar-refractivity contribution is -0.118. The van der Waals surface area contributed by atoms with Crippen molar-refractivity contribution in [1.82, 2.24) is 5.32 Å². The fraction of sp³-hybridized carbons (Fsp3) is 0.333. The fourth-order valence-corrected chi connectivity index (χ4v) is 2.06. The molecule has 90 valence electrons. The molecule has 4 nitrogen and oxygen atoms in total. The molecule has 0 aromatic heterocycles. The molecule has 1 unspecified atom stereocenters. The van der Waals surface area contributed by atoms with E-state index in [0.717, 1.165) is 11.3 Å². The molecule has 1 N–H and O–H groups in total. The zero-order chi connectivity index (χ0) is 12.4. The van der Waals surface area contributed by atoms with Gasteiger partial charge in [0.05, 0.1) is 5.69 Å². The van der Waals surface area contributed by atoms with E-state index in [4.69, 9.17) is 11.6 Å². The van der Waals surface area contributed by atoms with Crippen molar-refractivity contribution in [2.75, 3.05) is 4.90 Å². The zero-order valence-electron chi connectivity index (χ0n) is 9.44. The van der Waals surface area contributed by atoms with Crippen LogP contribution in [0.3, 0.4) is 0 Å². The summed E-state index contributed by atoms with van der Waals surface area (Å²) < 4.78 is 0. The molecular formula is C12H13ClN2O2. The summed E-state index contributed by atoms with van der Waals surface area (Å²) in [5, 5.41) is 3.17. The quantitative estimate of drug-likeness (QED) is 0.841. The second kappa shape index (κ2) is 4.75. The Hall–Kier alpha value is -1.55. The first kappa shape index (κ1) is 11.9. The van der Waals surface area contributed by atoms with Crippen molar-refractivity contribution in [2.45, 2.75) is 25.8 Å². The smallest absolute Gasteiger partial charge is 0.325 e. The normalized spacial score (nSPS) is 19.6. The number of hydrogen-bond acceptors (Lipinski definition) is 2. The van der Waals surface area contributed by atoms with Gasteiger partial charge in [-0.05, 0) is 24.6 Å². The molecule has 1 aromatic carbocycles. The Labute approximate surface area is 105 Å². The molecule has 0 bridgehead atoms. The molecule has 2 rings (SSSR count). The summed E-state index contributed by atoms with van der Waals surface area (Å²) in [7, 11) is 0. The summed E-state index contributed by atoms with van der Waals surface area (Å²) in [6.45, 7) is 1.97. The Balaban J connectivity index is 2.27. The van der Waals surface area contributed by atoms with E-state index in [0.29, 0.717) is 17.1 Å². The highest BCUT2D eigenvalue weighted by Gasteiger charge is 2.38. The van der Waals surface area contributed by atoms with E-state index in [2.05, 4.69) is 5.32 Å². The minimum Gasteiger partial charge on any atom is -0.325 e. The predicted molar refractivity (Wildman–Crippen MR) is 66.2 cm³/mol. The number of rotatable bonds is 3. The van der Waals surface area contributed by atoms with E-state index in [1.807, 2.05) is 6.92 Å². The Bertz CT molecular complexity index is 462. The first-order chi connectivity index (χ1) is 8.13. The molecule has 1 aromatic rings. The largest absolute Gasteiger partial charge is 0.329 e. The van der Waals surface area contributed by atoms with Crippen LogP contribution >= 0.6 is 11.6 Å². The molecule has 1 aliphatic rings. The topological polar surface area (TPSA) is 49.4 Å². The molecule has 1 atom stereocenters. The number of nitrogens with zero attached hydrogens (tertiary/aromatic N) is 1. The number of halogens is 1. The molecule has 0 saturated carbocycles. The Kier molecular flexibility index (Phi) is 3.33. The van der Waals surface area contributed by atoms with E-state index in [1.165, 1.54) is 0 Å². The number of urea groups is 1. The van der Waals surface area contributed by atoms with Crippen LogP contribution in [0, 0.1) is 0 Å². The van der Waals surface area contributed by atoms with Crippen molar-refractivity contribution in [3.8, 4) is 0 Å². The van der Waals surface area contributed by atoms with Crippen molar-refractivity contribution >= 4 is 29.2 Å². The molecule has 0 aliphatic carbocycles. The van der Waals surface area contributed by atoms with Gasteiger partial charge in [0.2, 0.25) is 0 Å². The number of hydrogen-bond donors (Lipinski definition) is 1. The number of imide groups is 1. The van der Waals surface area contributed by atoms with Crippen molar-refractivity contribution in [2.24, 2.45) is 0 Å². The maximum Gasteiger partial charge on any atom is 0.329 e. The molecular weight excluding hydrogens is 240 g/mol. The average Bonchev–Trinajstić information content (AvgIpc) is 2.55. The lowest BCUT2D eigenvalue weighted by Gasteiger charge is -2.12. The zero-order valence-corrected chi connectivity index (χ0v) is 10.2. The van der Waals surface area contributed by atoms with Crippen LogP contribution in [-0.2, 0) is 4.79 Å². The number of carbonyl (C=O) groups is 2. The van der Waals surface area contributed by atoms with Gasteiger partial charge in [0, 0.05) is 5.02 Å². The fourth-order valence-electron chi connectivity index (χ4n) is 1.88. The molecule has 17 heavy (non-hydrogen) atoms. The van der Waals surface area contributed by atoms with Crippen LogP contribution in [0.4, 0.5) is 10.5 Å². The first-order valence-electron chi connectivity index (χ1n) is 5.53. The summed E-state index contributed by atoms with van der Waals surface area (Å²) in [6.07, 6.45) is 1.50. The van der Waals surface area contributed by atoms with Crippen LogP contribution in [0.5, 0.6) is 0 Å². The van der Waals surface area contributed by atoms with Gasteiger partial charge >= 0.3 is 6.03 Å². The van der Waals surface area contributed by atoms with Crippen LogP contribution in [0.25, 0.3) is 0 Å². The standard InChI is InChI=1S/C12H13ClN2O2/c1-2-4-10-11(16)15(12(17)14-10)9-6-3-5-8(13)7-9/h3,5-7,10H,2,4H2,1H3,(H,14,17). The van der Waals surface area contributed by atoms with Gasteiger partial charge in [-0.25, -0.2) is 9.69 Å². The maximum atomic E-state index is 12.0. The van der Waals surface area contributed by atoms with Crippen molar-refractivity contribution in [3.05, 3.63) is 29.3 Å². The van der Waals surface area contributed by atoms with Gasteiger partial charge in [0.15, 0.2) is 0 Å².